The Balaban J connectivity index is 2.99. The third-order valence-corrected chi connectivity index (χ3v) is 2.40. The van der Waals surface area contributed by atoms with Crippen molar-refractivity contribution in [1.29, 1.82) is 0 Å². The molecule has 3 nitrogen and oxygen atoms in total. The molecule has 0 heterocycles. The molecule has 82 valence electrons. The van der Waals surface area contributed by atoms with Crippen molar-refractivity contribution in [2.24, 2.45) is 0 Å². The van der Waals surface area contributed by atoms with Crippen LogP contribution in [0.5, 0.6) is 5.75 Å². The summed E-state index contributed by atoms with van der Waals surface area (Å²) in [4.78, 5) is 0. The van der Waals surface area contributed by atoms with Crippen LogP contribution >= 0.6 is 10.7 Å². The van der Waals surface area contributed by atoms with E-state index >= 15 is 0 Å². The SMILES string of the molecule is CCOc1ccccc1/C=C/S(=O)(=O)Cl. The molecule has 0 saturated carbocycles. The molecular weight excluding hydrogens is 236 g/mol. The second-order valence-corrected chi connectivity index (χ2v) is 5.26. The van der Waals surface area contributed by atoms with Gasteiger partial charge in [-0.15, -0.1) is 0 Å². The van der Waals surface area contributed by atoms with Crippen LogP contribution in [0.15, 0.2) is 29.7 Å². The fraction of sp³-hybridized carbons (Fsp3) is 0.200. The normalized spacial score (nSPS) is 11.9. The minimum atomic E-state index is -3.62. The fourth-order valence-electron chi connectivity index (χ4n) is 1.06. The molecule has 0 aliphatic carbocycles. The Kier molecular flexibility index (Phi) is 4.17. The molecule has 0 spiro atoms. The van der Waals surface area contributed by atoms with E-state index in [4.69, 9.17) is 15.4 Å². The molecule has 0 aliphatic rings. The Morgan fingerprint density at radius 1 is 1.40 bits per heavy atom. The zero-order chi connectivity index (χ0) is 11.3. The predicted octanol–water partition coefficient (Wildman–Crippen LogP) is 2.62. The number of ether oxygens (including phenoxy) is 1. The highest BCUT2D eigenvalue weighted by molar-refractivity contribution is 8.16. The molecule has 0 unspecified atom stereocenters. The number of hydrogen-bond donors (Lipinski definition) is 0. The first-order valence-electron chi connectivity index (χ1n) is 4.37. The van der Waals surface area contributed by atoms with Gasteiger partial charge in [0.25, 0.3) is 9.05 Å². The molecule has 1 rings (SSSR count). The van der Waals surface area contributed by atoms with Crippen molar-refractivity contribution in [3.8, 4) is 5.75 Å². The maximum atomic E-state index is 10.7. The van der Waals surface area contributed by atoms with Gasteiger partial charge in [0.05, 0.1) is 6.61 Å². The highest BCUT2D eigenvalue weighted by Crippen LogP contribution is 2.20. The number of halogens is 1. The van der Waals surface area contributed by atoms with Crippen molar-refractivity contribution < 1.29 is 13.2 Å². The first-order valence-corrected chi connectivity index (χ1v) is 6.75. The summed E-state index contributed by atoms with van der Waals surface area (Å²) in [6, 6.07) is 7.13. The second-order valence-electron chi connectivity index (χ2n) is 2.75. The molecule has 0 radical (unpaired) electrons. The number of benzene rings is 1. The standard InChI is InChI=1S/C10H11ClO3S/c1-2-14-10-6-4-3-5-9(10)7-8-15(11,12)13/h3-8H,2H2,1H3/b8-7+. The van der Waals surface area contributed by atoms with Gasteiger partial charge in [0.2, 0.25) is 0 Å². The van der Waals surface area contributed by atoms with Crippen LogP contribution in [0.3, 0.4) is 0 Å². The molecule has 5 heteroatoms. The van der Waals surface area contributed by atoms with Gasteiger partial charge in [-0.1, -0.05) is 18.2 Å². The fourth-order valence-corrected chi connectivity index (χ4v) is 1.52. The van der Waals surface area contributed by atoms with Gasteiger partial charge in [-0.3, -0.25) is 0 Å². The lowest BCUT2D eigenvalue weighted by atomic mass is 10.2. The van der Waals surface area contributed by atoms with Crippen LogP contribution in [-0.4, -0.2) is 15.0 Å². The van der Waals surface area contributed by atoms with Gasteiger partial charge in [-0.2, -0.15) is 0 Å². The maximum absolute atomic E-state index is 10.7. The largest absolute Gasteiger partial charge is 0.493 e. The number of para-hydroxylation sites is 1. The Hall–Kier alpha value is -1.00. The van der Waals surface area contributed by atoms with Crippen LogP contribution in [0.2, 0.25) is 0 Å². The van der Waals surface area contributed by atoms with Crippen molar-refractivity contribution in [1.82, 2.24) is 0 Å². The molecule has 1 aromatic carbocycles. The topological polar surface area (TPSA) is 43.4 Å². The lowest BCUT2D eigenvalue weighted by Crippen LogP contribution is -1.93. The first-order chi connectivity index (χ1) is 7.03. The van der Waals surface area contributed by atoms with E-state index in [0.29, 0.717) is 17.9 Å². The Bertz CT molecular complexity index is 451. The van der Waals surface area contributed by atoms with Crippen molar-refractivity contribution in [2.45, 2.75) is 6.92 Å². The summed E-state index contributed by atoms with van der Waals surface area (Å²) >= 11 is 0. The van der Waals surface area contributed by atoms with Gasteiger partial charge in [-0.25, -0.2) is 8.42 Å². The summed E-state index contributed by atoms with van der Waals surface area (Å²) in [6.07, 6.45) is 1.41. The third-order valence-electron chi connectivity index (χ3n) is 1.63. The van der Waals surface area contributed by atoms with E-state index in [1.165, 1.54) is 6.08 Å². The molecule has 0 aromatic heterocycles. The van der Waals surface area contributed by atoms with Gasteiger partial charge < -0.3 is 4.74 Å². The zero-order valence-corrected chi connectivity index (χ0v) is 9.75. The van der Waals surface area contributed by atoms with Gasteiger partial charge >= 0.3 is 0 Å². The summed E-state index contributed by atoms with van der Waals surface area (Å²) in [6.45, 7) is 2.39. The average molecular weight is 247 g/mol. The van der Waals surface area contributed by atoms with E-state index in [0.717, 1.165) is 5.41 Å². The molecule has 1 aromatic rings. The molecule has 0 atom stereocenters. The average Bonchev–Trinajstić information content (AvgIpc) is 2.16. The Morgan fingerprint density at radius 3 is 2.67 bits per heavy atom. The lowest BCUT2D eigenvalue weighted by Gasteiger charge is -2.05. The van der Waals surface area contributed by atoms with Gasteiger partial charge in [0.15, 0.2) is 0 Å². The Labute approximate surface area is 93.7 Å². The van der Waals surface area contributed by atoms with Crippen molar-refractivity contribution >= 4 is 25.8 Å². The summed E-state index contributed by atoms with van der Waals surface area (Å²) < 4.78 is 26.7. The molecule has 15 heavy (non-hydrogen) atoms. The first kappa shape index (κ1) is 12.1. The molecular formula is C10H11ClO3S. The smallest absolute Gasteiger partial charge is 0.254 e. The van der Waals surface area contributed by atoms with Gasteiger partial charge in [-0.05, 0) is 19.1 Å². The minimum absolute atomic E-state index is 0.526. The third kappa shape index (κ3) is 4.36. The van der Waals surface area contributed by atoms with Gasteiger partial charge in [0, 0.05) is 21.7 Å². The van der Waals surface area contributed by atoms with Crippen molar-refractivity contribution in [3.63, 3.8) is 0 Å². The quantitative estimate of drug-likeness (QED) is 0.767. The van der Waals surface area contributed by atoms with Crippen LogP contribution in [0.25, 0.3) is 6.08 Å². The highest BCUT2D eigenvalue weighted by Gasteiger charge is 2.01. The van der Waals surface area contributed by atoms with Gasteiger partial charge in [0.1, 0.15) is 5.75 Å². The summed E-state index contributed by atoms with van der Waals surface area (Å²) in [5.74, 6) is 0.636. The van der Waals surface area contributed by atoms with Crippen LogP contribution in [-0.2, 0) is 9.05 Å². The second kappa shape index (κ2) is 5.19. The highest BCUT2D eigenvalue weighted by atomic mass is 35.7. The lowest BCUT2D eigenvalue weighted by molar-refractivity contribution is 0.339. The number of rotatable bonds is 4. The van der Waals surface area contributed by atoms with Crippen molar-refractivity contribution in [3.05, 3.63) is 35.2 Å². The molecule has 0 amide bonds. The monoisotopic (exact) mass is 246 g/mol. The van der Waals surface area contributed by atoms with Crippen LogP contribution in [0.1, 0.15) is 12.5 Å². The summed E-state index contributed by atoms with van der Waals surface area (Å²) in [5.41, 5.74) is 0.684. The van der Waals surface area contributed by atoms with Crippen molar-refractivity contribution in [2.75, 3.05) is 6.61 Å². The van der Waals surface area contributed by atoms with Crippen LogP contribution in [0, 0.1) is 0 Å². The van der Waals surface area contributed by atoms with E-state index < -0.39 is 9.05 Å². The van der Waals surface area contributed by atoms with E-state index in [1.807, 2.05) is 13.0 Å². The molecule has 0 bridgehead atoms. The summed E-state index contributed by atoms with van der Waals surface area (Å²) in [7, 11) is 1.44. The van der Waals surface area contributed by atoms with Crippen LogP contribution < -0.4 is 4.74 Å². The summed E-state index contributed by atoms with van der Waals surface area (Å²) in [5, 5.41) is 0.937. The zero-order valence-electron chi connectivity index (χ0n) is 8.18. The Morgan fingerprint density at radius 2 is 2.07 bits per heavy atom. The van der Waals surface area contributed by atoms with E-state index in [9.17, 15) is 8.42 Å². The molecule has 0 N–H and O–H groups in total. The minimum Gasteiger partial charge on any atom is -0.493 e. The number of hydrogen-bond acceptors (Lipinski definition) is 3. The predicted molar refractivity (Wildman–Crippen MR) is 61.4 cm³/mol. The molecule has 0 fully saturated rings. The van der Waals surface area contributed by atoms with E-state index in [2.05, 4.69) is 0 Å². The van der Waals surface area contributed by atoms with Crippen LogP contribution in [0.4, 0.5) is 0 Å². The molecule has 0 aliphatic heterocycles. The maximum Gasteiger partial charge on any atom is 0.254 e. The van der Waals surface area contributed by atoms with E-state index in [-0.39, 0.29) is 0 Å². The van der Waals surface area contributed by atoms with E-state index in [1.54, 1.807) is 18.2 Å². The molecule has 0 saturated heterocycles.